The molecule has 2 heterocycles. The van der Waals surface area contributed by atoms with Crippen LogP contribution < -0.4 is 16.0 Å². The average Bonchev–Trinajstić information content (AvgIpc) is 3.38. The van der Waals surface area contributed by atoms with Gasteiger partial charge in [-0.15, -0.1) is 0 Å². The van der Waals surface area contributed by atoms with Crippen molar-refractivity contribution in [3.8, 4) is 0 Å². The Hall–Kier alpha value is -3.46. The fourth-order valence-electron chi connectivity index (χ4n) is 6.38. The minimum atomic E-state index is -1.35. The lowest BCUT2D eigenvalue weighted by atomic mass is 9.62. The maximum absolute atomic E-state index is 15.9. The minimum absolute atomic E-state index is 0.00340. The first-order valence-electron chi connectivity index (χ1n) is 13.7. The van der Waals surface area contributed by atoms with Crippen LogP contribution in [0.25, 0.3) is 0 Å². The maximum Gasteiger partial charge on any atom is 0.303 e. The predicted octanol–water partition coefficient (Wildman–Crippen LogP) is 6.54. The van der Waals surface area contributed by atoms with Gasteiger partial charge in [-0.3, -0.25) is 14.4 Å². The van der Waals surface area contributed by atoms with E-state index in [1.165, 1.54) is 6.07 Å². The van der Waals surface area contributed by atoms with Gasteiger partial charge in [-0.25, -0.2) is 4.39 Å². The van der Waals surface area contributed by atoms with Gasteiger partial charge in [0.25, 0.3) is 0 Å². The van der Waals surface area contributed by atoms with E-state index in [1.54, 1.807) is 54.6 Å². The van der Waals surface area contributed by atoms with Gasteiger partial charge in [-0.2, -0.15) is 0 Å². The molecule has 0 unspecified atom stereocenters. The molecule has 1 fully saturated rings. The molecular formula is C32H32Cl2FN3O4. The number of rotatable bonds is 7. The summed E-state index contributed by atoms with van der Waals surface area (Å²) in [5.41, 5.74) is 1.03. The summed E-state index contributed by atoms with van der Waals surface area (Å²) in [5.74, 6) is -3.32. The molecule has 1 spiro atoms. The average molecular weight is 613 g/mol. The molecular weight excluding hydrogens is 580 g/mol. The first kappa shape index (κ1) is 30.0. The van der Waals surface area contributed by atoms with Gasteiger partial charge < -0.3 is 21.1 Å². The smallest absolute Gasteiger partial charge is 0.303 e. The highest BCUT2D eigenvalue weighted by atomic mass is 35.5. The van der Waals surface area contributed by atoms with Crippen LogP contribution in [0, 0.1) is 11.2 Å². The fraction of sp³-hybridized carbons (Fsp3) is 0.344. The predicted molar refractivity (Wildman–Crippen MR) is 162 cm³/mol. The highest BCUT2D eigenvalue weighted by Crippen LogP contribution is 2.57. The Morgan fingerprint density at radius 3 is 2.45 bits per heavy atom. The SMILES string of the molecule is CC(C)(C)C[C@H]1N[C@H](C(=O)Nc2ccc(CCC(=O)O)cc2)[C@@H](c2cccc(Cl)c2F)[C@@]12C(=O)Nc1cc(Cl)ccc12. The van der Waals surface area contributed by atoms with Crippen molar-refractivity contribution in [3.63, 3.8) is 0 Å². The Bertz CT molecular complexity index is 1560. The van der Waals surface area contributed by atoms with Crippen molar-refractivity contribution >= 4 is 52.4 Å². The van der Waals surface area contributed by atoms with E-state index in [1.807, 2.05) is 20.8 Å². The Balaban J connectivity index is 1.62. The zero-order chi connectivity index (χ0) is 30.4. The van der Waals surface area contributed by atoms with Crippen molar-refractivity contribution in [2.24, 2.45) is 5.41 Å². The molecule has 2 aliphatic rings. The van der Waals surface area contributed by atoms with Crippen LogP contribution in [0.2, 0.25) is 10.0 Å². The summed E-state index contributed by atoms with van der Waals surface area (Å²) in [6, 6.07) is 15.1. The second-order valence-corrected chi connectivity index (χ2v) is 13.0. The first-order chi connectivity index (χ1) is 19.8. The molecule has 220 valence electrons. The van der Waals surface area contributed by atoms with Gasteiger partial charge in [0.15, 0.2) is 0 Å². The van der Waals surface area contributed by atoms with E-state index in [0.717, 1.165) is 5.56 Å². The summed E-state index contributed by atoms with van der Waals surface area (Å²) in [6.45, 7) is 6.14. The summed E-state index contributed by atoms with van der Waals surface area (Å²) in [6.07, 6.45) is 0.860. The Labute approximate surface area is 253 Å². The second kappa shape index (κ2) is 11.3. The van der Waals surface area contributed by atoms with E-state index in [9.17, 15) is 14.4 Å². The molecule has 0 radical (unpaired) electrons. The third-order valence-corrected chi connectivity index (χ3v) is 8.60. The Morgan fingerprint density at radius 2 is 1.79 bits per heavy atom. The van der Waals surface area contributed by atoms with Crippen molar-refractivity contribution in [1.82, 2.24) is 5.32 Å². The van der Waals surface area contributed by atoms with Gasteiger partial charge in [0.2, 0.25) is 11.8 Å². The van der Waals surface area contributed by atoms with E-state index in [0.29, 0.717) is 34.8 Å². The summed E-state index contributed by atoms with van der Waals surface area (Å²) < 4.78 is 15.9. The number of nitrogens with one attached hydrogen (secondary N) is 3. The molecule has 4 N–H and O–H groups in total. The van der Waals surface area contributed by atoms with Gasteiger partial charge >= 0.3 is 5.97 Å². The Kier molecular flexibility index (Phi) is 8.09. The van der Waals surface area contributed by atoms with Crippen molar-refractivity contribution in [2.75, 3.05) is 10.6 Å². The van der Waals surface area contributed by atoms with Gasteiger partial charge in [-0.05, 0) is 65.3 Å². The number of hydrogen-bond donors (Lipinski definition) is 4. The van der Waals surface area contributed by atoms with Gasteiger partial charge in [0, 0.05) is 34.8 Å². The van der Waals surface area contributed by atoms with Crippen LogP contribution >= 0.6 is 23.2 Å². The van der Waals surface area contributed by atoms with E-state index >= 15 is 4.39 Å². The normalized spacial score (nSPS) is 23.1. The topological polar surface area (TPSA) is 108 Å². The number of benzene rings is 3. The number of carboxylic acid groups (broad SMARTS) is 1. The third-order valence-electron chi connectivity index (χ3n) is 8.07. The molecule has 3 aromatic carbocycles. The lowest BCUT2D eigenvalue weighted by Gasteiger charge is -2.37. The highest BCUT2D eigenvalue weighted by Gasteiger charge is 2.66. The van der Waals surface area contributed by atoms with E-state index in [4.69, 9.17) is 28.3 Å². The number of carbonyl (C=O) groups is 3. The highest BCUT2D eigenvalue weighted by molar-refractivity contribution is 6.31. The van der Waals surface area contributed by atoms with Crippen molar-refractivity contribution in [3.05, 3.63) is 93.2 Å². The molecule has 7 nitrogen and oxygen atoms in total. The van der Waals surface area contributed by atoms with Gasteiger partial charge in [0.1, 0.15) is 11.2 Å². The first-order valence-corrected chi connectivity index (χ1v) is 14.5. The Morgan fingerprint density at radius 1 is 1.07 bits per heavy atom. The van der Waals surface area contributed by atoms with Gasteiger partial charge in [-0.1, -0.05) is 74.3 Å². The van der Waals surface area contributed by atoms with Crippen LogP contribution in [0.4, 0.5) is 15.8 Å². The molecule has 1 saturated heterocycles. The fourth-order valence-corrected chi connectivity index (χ4v) is 6.73. The van der Waals surface area contributed by atoms with Crippen molar-refractivity contribution in [2.45, 2.75) is 63.5 Å². The number of halogens is 3. The molecule has 2 aliphatic heterocycles. The van der Waals surface area contributed by atoms with Crippen molar-refractivity contribution < 1.29 is 23.9 Å². The van der Waals surface area contributed by atoms with Crippen molar-refractivity contribution in [1.29, 1.82) is 0 Å². The largest absolute Gasteiger partial charge is 0.481 e. The molecule has 0 aromatic heterocycles. The quantitative estimate of drug-likeness (QED) is 0.243. The lowest BCUT2D eigenvalue weighted by molar-refractivity contribution is -0.137. The number of carbonyl (C=O) groups excluding carboxylic acids is 2. The molecule has 10 heteroatoms. The molecule has 42 heavy (non-hydrogen) atoms. The summed E-state index contributed by atoms with van der Waals surface area (Å²) in [5, 5.41) is 18.6. The standard InChI is InChI=1S/C32H32Cl2FN3O4/c1-31(2,3)16-24-32(21-13-10-18(33)15-23(21)37-30(32)42)26(20-5-4-6-22(34)27(20)35)28(38-24)29(41)36-19-11-7-17(8-12-19)9-14-25(39)40/h4-8,10-13,15,24,26,28,38H,9,14,16H2,1-3H3,(H,36,41)(H,37,42)(H,39,40)/t24-,26-,28+,32+/m1/s1. The zero-order valence-electron chi connectivity index (χ0n) is 23.4. The number of anilines is 2. The number of aryl methyl sites for hydroxylation is 1. The second-order valence-electron chi connectivity index (χ2n) is 12.2. The third kappa shape index (κ3) is 5.51. The minimum Gasteiger partial charge on any atom is -0.481 e. The molecule has 4 atom stereocenters. The maximum atomic E-state index is 15.9. The van der Waals surface area contributed by atoms with E-state index < -0.39 is 41.1 Å². The zero-order valence-corrected chi connectivity index (χ0v) is 24.9. The van der Waals surface area contributed by atoms with Crippen LogP contribution in [-0.2, 0) is 26.2 Å². The molecule has 3 aromatic rings. The molecule has 0 saturated carbocycles. The van der Waals surface area contributed by atoms with Crippen LogP contribution in [-0.4, -0.2) is 35.0 Å². The summed E-state index contributed by atoms with van der Waals surface area (Å²) in [7, 11) is 0. The van der Waals surface area contributed by atoms with Gasteiger partial charge in [0.05, 0.1) is 11.1 Å². The number of amides is 2. The molecule has 5 rings (SSSR count). The molecule has 0 bridgehead atoms. The number of fused-ring (bicyclic) bond motifs is 2. The number of aliphatic carboxylic acids is 1. The number of carboxylic acids is 1. The summed E-state index contributed by atoms with van der Waals surface area (Å²) >= 11 is 12.5. The molecule has 2 amide bonds. The monoisotopic (exact) mass is 611 g/mol. The summed E-state index contributed by atoms with van der Waals surface area (Å²) in [4.78, 5) is 39.2. The van der Waals surface area contributed by atoms with Crippen LogP contribution in [0.3, 0.4) is 0 Å². The van der Waals surface area contributed by atoms with Crippen LogP contribution in [0.15, 0.2) is 60.7 Å². The molecule has 0 aliphatic carbocycles. The van der Waals surface area contributed by atoms with E-state index in [2.05, 4.69) is 16.0 Å². The van der Waals surface area contributed by atoms with Crippen LogP contribution in [0.5, 0.6) is 0 Å². The lowest BCUT2D eigenvalue weighted by Crippen LogP contribution is -2.49. The number of hydrogen-bond acceptors (Lipinski definition) is 4. The van der Waals surface area contributed by atoms with Crippen LogP contribution in [0.1, 0.15) is 56.2 Å². The van der Waals surface area contributed by atoms with E-state index in [-0.39, 0.29) is 28.3 Å².